The normalized spacial score (nSPS) is 13.7. The van der Waals surface area contributed by atoms with Gasteiger partial charge in [-0.25, -0.2) is 9.97 Å². The highest BCUT2D eigenvalue weighted by Gasteiger charge is 2.46. The number of benzene rings is 10. The number of hydrogen-bond acceptors (Lipinski definition) is 3. The third kappa shape index (κ3) is 6.36. The number of hydrogen-bond donors (Lipinski definition) is 0. The Morgan fingerprint density at radius 1 is 0.310 bits per heavy atom. The Labute approximate surface area is 413 Å². The van der Waals surface area contributed by atoms with Crippen LogP contribution in [0, 0.1) is 0 Å². The van der Waals surface area contributed by atoms with Gasteiger partial charge in [0.2, 0.25) is 0 Å². The predicted octanol–water partition coefficient (Wildman–Crippen LogP) is 17.4. The van der Waals surface area contributed by atoms with Crippen LogP contribution in [0.15, 0.2) is 247 Å². The zero-order chi connectivity index (χ0) is 47.3. The van der Waals surface area contributed by atoms with Gasteiger partial charge in [0.1, 0.15) is 11.2 Å². The van der Waals surface area contributed by atoms with Gasteiger partial charge in [0.25, 0.3) is 0 Å². The van der Waals surface area contributed by atoms with Crippen LogP contribution in [0.5, 0.6) is 0 Å². The molecule has 2 aliphatic rings. The summed E-state index contributed by atoms with van der Waals surface area (Å²) in [5.41, 5.74) is 23.4. The van der Waals surface area contributed by atoms with Crippen molar-refractivity contribution in [2.75, 3.05) is 0 Å². The summed E-state index contributed by atoms with van der Waals surface area (Å²) < 4.78 is 6.16. The van der Waals surface area contributed by atoms with Crippen LogP contribution in [0.1, 0.15) is 47.2 Å². The lowest BCUT2D eigenvalue weighted by atomic mass is 9.67. The van der Waals surface area contributed by atoms with Crippen molar-refractivity contribution >= 4 is 21.9 Å². The molecule has 0 spiro atoms. The molecule has 3 heteroatoms. The summed E-state index contributed by atoms with van der Waals surface area (Å²) >= 11 is 0. The van der Waals surface area contributed by atoms with Crippen LogP contribution in [0.25, 0.3) is 100 Å². The van der Waals surface area contributed by atoms with Crippen molar-refractivity contribution in [1.82, 2.24) is 9.97 Å². The van der Waals surface area contributed by atoms with Gasteiger partial charge in [-0.15, -0.1) is 0 Å². The SMILES string of the molecule is CC1(C)c2ccccc2-c2cc(-c3ccc(-c4nc(-c5ccc(-c6ccc7oc8ccccc8c7c6)cc5)cc(-c5ccc6c(c5)C(c5ccccc5)(c5ccccc5)c5ccccc5-6)n4)cc3)ccc21. The number of nitrogens with zero attached hydrogens (tertiary/aromatic N) is 2. The fourth-order valence-corrected chi connectivity index (χ4v) is 11.9. The average molecular weight is 907 g/mol. The number of fused-ring (bicyclic) bond motifs is 9. The van der Waals surface area contributed by atoms with Gasteiger partial charge in [-0.05, 0) is 114 Å². The van der Waals surface area contributed by atoms with Crippen molar-refractivity contribution in [3.05, 3.63) is 276 Å². The minimum absolute atomic E-state index is 0.0357. The Kier molecular flexibility index (Phi) is 9.15. The van der Waals surface area contributed by atoms with Crippen LogP contribution in [0.2, 0.25) is 0 Å². The Morgan fingerprint density at radius 2 is 0.803 bits per heavy atom. The number of aromatic nitrogens is 2. The molecule has 0 saturated carbocycles. The molecule has 0 radical (unpaired) electrons. The number of para-hydroxylation sites is 1. The summed E-state index contributed by atoms with van der Waals surface area (Å²) in [6.45, 7) is 4.66. The second-order valence-corrected chi connectivity index (χ2v) is 19.6. The van der Waals surface area contributed by atoms with E-state index in [1.807, 2.05) is 12.1 Å². The maximum absolute atomic E-state index is 6.16. The van der Waals surface area contributed by atoms with Crippen LogP contribution >= 0.6 is 0 Å². The zero-order valence-electron chi connectivity index (χ0n) is 39.4. The van der Waals surface area contributed by atoms with E-state index in [4.69, 9.17) is 14.4 Å². The Balaban J connectivity index is 0.904. The monoisotopic (exact) mass is 906 g/mol. The van der Waals surface area contributed by atoms with Gasteiger partial charge in [-0.1, -0.05) is 220 Å². The van der Waals surface area contributed by atoms with Crippen molar-refractivity contribution < 1.29 is 4.42 Å². The maximum Gasteiger partial charge on any atom is 0.160 e. The van der Waals surface area contributed by atoms with E-state index < -0.39 is 5.41 Å². The van der Waals surface area contributed by atoms with Crippen molar-refractivity contribution in [1.29, 1.82) is 0 Å². The van der Waals surface area contributed by atoms with Gasteiger partial charge in [-0.2, -0.15) is 0 Å². The lowest BCUT2D eigenvalue weighted by molar-refractivity contribution is 0.660. The van der Waals surface area contributed by atoms with Crippen LogP contribution < -0.4 is 0 Å². The molecule has 0 bridgehead atoms. The Bertz CT molecular complexity index is 4010. The first kappa shape index (κ1) is 41.1. The van der Waals surface area contributed by atoms with Crippen molar-refractivity contribution in [2.24, 2.45) is 0 Å². The molecule has 0 N–H and O–H groups in total. The Morgan fingerprint density at radius 3 is 1.52 bits per heavy atom. The van der Waals surface area contributed by atoms with E-state index in [9.17, 15) is 0 Å². The molecular weight excluding hydrogens is 861 g/mol. The molecular formula is C68H46N2O. The van der Waals surface area contributed by atoms with Crippen LogP contribution in [-0.4, -0.2) is 9.97 Å². The molecule has 2 aliphatic carbocycles. The summed E-state index contributed by atoms with van der Waals surface area (Å²) in [6, 6.07) is 88.0. The first-order valence-corrected chi connectivity index (χ1v) is 24.5. The lowest BCUT2D eigenvalue weighted by Gasteiger charge is -2.34. The summed E-state index contributed by atoms with van der Waals surface area (Å²) in [5.74, 6) is 0.677. The highest BCUT2D eigenvalue weighted by atomic mass is 16.3. The van der Waals surface area contributed by atoms with E-state index in [0.29, 0.717) is 5.82 Å². The molecule has 10 aromatic carbocycles. The Hall–Kier alpha value is -8.92. The summed E-state index contributed by atoms with van der Waals surface area (Å²) in [4.78, 5) is 10.8. The molecule has 3 nitrogen and oxygen atoms in total. The maximum atomic E-state index is 6.16. The second kappa shape index (κ2) is 15.8. The smallest absolute Gasteiger partial charge is 0.160 e. The third-order valence-corrected chi connectivity index (χ3v) is 15.4. The van der Waals surface area contributed by atoms with Gasteiger partial charge in [0.15, 0.2) is 5.82 Å². The third-order valence-electron chi connectivity index (χ3n) is 15.4. The number of rotatable bonds is 7. The highest BCUT2D eigenvalue weighted by molar-refractivity contribution is 6.06. The minimum Gasteiger partial charge on any atom is -0.456 e. The molecule has 14 rings (SSSR count). The molecule has 0 fully saturated rings. The molecule has 2 aromatic heterocycles. The van der Waals surface area contributed by atoms with Crippen LogP contribution in [0.3, 0.4) is 0 Å². The second-order valence-electron chi connectivity index (χ2n) is 19.6. The first-order valence-electron chi connectivity index (χ1n) is 24.5. The fraction of sp³-hybridized carbons (Fsp3) is 0.0588. The van der Waals surface area contributed by atoms with Crippen molar-refractivity contribution in [2.45, 2.75) is 24.7 Å². The van der Waals surface area contributed by atoms with E-state index in [-0.39, 0.29) is 5.41 Å². The molecule has 0 saturated heterocycles. The summed E-state index contributed by atoms with van der Waals surface area (Å²) in [6.07, 6.45) is 0. The van der Waals surface area contributed by atoms with E-state index in [1.165, 1.54) is 61.2 Å². The van der Waals surface area contributed by atoms with E-state index in [1.54, 1.807) is 0 Å². The van der Waals surface area contributed by atoms with E-state index in [2.05, 4.69) is 244 Å². The molecule has 2 heterocycles. The van der Waals surface area contributed by atoms with Crippen molar-refractivity contribution in [3.8, 4) is 78.4 Å². The minimum atomic E-state index is -0.532. The van der Waals surface area contributed by atoms with Gasteiger partial charge >= 0.3 is 0 Å². The largest absolute Gasteiger partial charge is 0.456 e. The first-order chi connectivity index (χ1) is 34.9. The van der Waals surface area contributed by atoms with E-state index in [0.717, 1.165) is 66.7 Å². The summed E-state index contributed by atoms with van der Waals surface area (Å²) in [5, 5.41) is 2.24. The average Bonchev–Trinajstić information content (AvgIpc) is 4.04. The predicted molar refractivity (Wildman–Crippen MR) is 291 cm³/mol. The standard InChI is InChI=1S/C68H46N2O/c1-67(2)58-22-12-9-20-53(58)56-39-47(34-37-59(56)67)44-27-31-46(32-28-44)66-69-62(45-29-25-43(26-30-45)48-35-38-65-57(40-48)55-21-11-14-24-64(55)71-65)42-63(70-66)49-33-36-54-52-19-10-13-23-60(52)68(61(54)41-49,50-15-5-3-6-16-50)51-17-7-4-8-18-51/h3-42H,1-2H3. The molecule has 0 atom stereocenters. The molecule has 0 aliphatic heterocycles. The summed E-state index contributed by atoms with van der Waals surface area (Å²) in [7, 11) is 0. The zero-order valence-corrected chi connectivity index (χ0v) is 39.4. The molecule has 0 unspecified atom stereocenters. The number of furan rings is 1. The quantitative estimate of drug-likeness (QED) is 0.160. The van der Waals surface area contributed by atoms with Gasteiger partial charge in [-0.3, -0.25) is 0 Å². The topological polar surface area (TPSA) is 38.9 Å². The van der Waals surface area contributed by atoms with Gasteiger partial charge in [0.05, 0.1) is 16.8 Å². The highest BCUT2D eigenvalue weighted by Crippen LogP contribution is 2.57. The molecule has 12 aromatic rings. The lowest BCUT2D eigenvalue weighted by Crippen LogP contribution is -2.28. The molecule has 334 valence electrons. The van der Waals surface area contributed by atoms with Crippen LogP contribution in [-0.2, 0) is 10.8 Å². The van der Waals surface area contributed by atoms with E-state index >= 15 is 0 Å². The van der Waals surface area contributed by atoms with Crippen molar-refractivity contribution in [3.63, 3.8) is 0 Å². The molecule has 0 amide bonds. The van der Waals surface area contributed by atoms with Crippen LogP contribution in [0.4, 0.5) is 0 Å². The molecule has 71 heavy (non-hydrogen) atoms. The fourth-order valence-electron chi connectivity index (χ4n) is 11.9. The van der Waals surface area contributed by atoms with Gasteiger partial charge < -0.3 is 4.42 Å². The van der Waals surface area contributed by atoms with Gasteiger partial charge in [0, 0.05) is 32.9 Å².